The summed E-state index contributed by atoms with van der Waals surface area (Å²) < 4.78 is 5.78. The fourth-order valence-corrected chi connectivity index (χ4v) is 2.70. The van der Waals surface area contributed by atoms with E-state index in [-0.39, 0.29) is 5.63 Å². The third-order valence-electron chi connectivity index (χ3n) is 3.07. The molecule has 94 valence electrons. The van der Waals surface area contributed by atoms with Crippen molar-refractivity contribution >= 4 is 26.9 Å². The van der Waals surface area contributed by atoms with Gasteiger partial charge in [-0.2, -0.15) is 0 Å². The standard InChI is InChI=1S/C16H11BrO2/c1-10-7-8-13-12(9-10)14(15(17)16(18)19-13)11-5-3-2-4-6-11/h2-9H,1H3. The minimum Gasteiger partial charge on any atom is -0.422 e. The molecule has 2 nitrogen and oxygen atoms in total. The highest BCUT2D eigenvalue weighted by Crippen LogP contribution is 2.33. The van der Waals surface area contributed by atoms with E-state index in [4.69, 9.17) is 4.42 Å². The average Bonchev–Trinajstić information content (AvgIpc) is 2.42. The summed E-state index contributed by atoms with van der Waals surface area (Å²) in [6.45, 7) is 2.02. The quantitative estimate of drug-likeness (QED) is 0.618. The van der Waals surface area contributed by atoms with Crippen LogP contribution in [0.5, 0.6) is 0 Å². The first-order valence-corrected chi connectivity index (χ1v) is 6.74. The number of fused-ring (bicyclic) bond motifs is 1. The SMILES string of the molecule is Cc1ccc2oc(=O)c(Br)c(-c3ccccc3)c2c1. The Morgan fingerprint density at radius 2 is 1.79 bits per heavy atom. The van der Waals surface area contributed by atoms with E-state index in [0.717, 1.165) is 22.1 Å². The summed E-state index contributed by atoms with van der Waals surface area (Å²) in [6, 6.07) is 15.7. The van der Waals surface area contributed by atoms with Crippen molar-refractivity contribution in [2.24, 2.45) is 0 Å². The minimum absolute atomic E-state index is 0.352. The van der Waals surface area contributed by atoms with Crippen LogP contribution >= 0.6 is 15.9 Å². The van der Waals surface area contributed by atoms with Gasteiger partial charge in [0, 0.05) is 10.9 Å². The molecule has 0 atom stereocenters. The van der Waals surface area contributed by atoms with Gasteiger partial charge in [0.15, 0.2) is 0 Å². The van der Waals surface area contributed by atoms with Crippen molar-refractivity contribution < 1.29 is 4.42 Å². The first kappa shape index (κ1) is 12.2. The third kappa shape index (κ3) is 2.10. The van der Waals surface area contributed by atoms with Crippen LogP contribution in [0.25, 0.3) is 22.1 Å². The Kier molecular flexibility index (Phi) is 2.99. The van der Waals surface area contributed by atoms with E-state index in [1.165, 1.54) is 0 Å². The van der Waals surface area contributed by atoms with Gasteiger partial charge in [-0.1, -0.05) is 42.0 Å². The van der Waals surface area contributed by atoms with E-state index in [1.54, 1.807) is 0 Å². The molecule has 0 saturated carbocycles. The van der Waals surface area contributed by atoms with Crippen LogP contribution < -0.4 is 5.63 Å². The monoisotopic (exact) mass is 314 g/mol. The van der Waals surface area contributed by atoms with Gasteiger partial charge < -0.3 is 4.42 Å². The van der Waals surface area contributed by atoms with Gasteiger partial charge in [-0.15, -0.1) is 0 Å². The highest BCUT2D eigenvalue weighted by Gasteiger charge is 2.13. The number of hydrogen-bond acceptors (Lipinski definition) is 2. The van der Waals surface area contributed by atoms with E-state index in [1.807, 2.05) is 55.5 Å². The molecule has 0 unspecified atom stereocenters. The summed E-state index contributed by atoms with van der Waals surface area (Å²) in [5.41, 5.74) is 3.27. The summed E-state index contributed by atoms with van der Waals surface area (Å²) in [6.07, 6.45) is 0. The number of rotatable bonds is 1. The van der Waals surface area contributed by atoms with Gasteiger partial charge in [0.25, 0.3) is 0 Å². The lowest BCUT2D eigenvalue weighted by atomic mass is 10.0. The van der Waals surface area contributed by atoms with Crippen LogP contribution in [-0.4, -0.2) is 0 Å². The molecule has 0 radical (unpaired) electrons. The van der Waals surface area contributed by atoms with E-state index in [9.17, 15) is 4.79 Å². The predicted molar refractivity (Wildman–Crippen MR) is 80.4 cm³/mol. The van der Waals surface area contributed by atoms with Gasteiger partial charge in [0.05, 0.1) is 0 Å². The molecule has 0 aliphatic carbocycles. The molecule has 0 fully saturated rings. The van der Waals surface area contributed by atoms with Crippen LogP contribution in [0.4, 0.5) is 0 Å². The molecule has 3 heteroatoms. The molecule has 19 heavy (non-hydrogen) atoms. The molecule has 2 aromatic carbocycles. The highest BCUT2D eigenvalue weighted by molar-refractivity contribution is 9.10. The lowest BCUT2D eigenvalue weighted by Gasteiger charge is -2.08. The molecular weight excluding hydrogens is 304 g/mol. The zero-order valence-corrected chi connectivity index (χ0v) is 11.9. The van der Waals surface area contributed by atoms with Crippen molar-refractivity contribution in [3.63, 3.8) is 0 Å². The topological polar surface area (TPSA) is 30.2 Å². The Balaban J connectivity index is 2.48. The van der Waals surface area contributed by atoms with E-state index in [2.05, 4.69) is 15.9 Å². The van der Waals surface area contributed by atoms with Crippen molar-refractivity contribution in [2.45, 2.75) is 6.92 Å². The first-order valence-electron chi connectivity index (χ1n) is 5.95. The largest absolute Gasteiger partial charge is 0.422 e. The first-order chi connectivity index (χ1) is 9.16. The zero-order chi connectivity index (χ0) is 13.4. The van der Waals surface area contributed by atoms with Gasteiger partial charge in [-0.3, -0.25) is 0 Å². The maximum Gasteiger partial charge on any atom is 0.351 e. The van der Waals surface area contributed by atoms with Crippen molar-refractivity contribution in [3.05, 3.63) is 69.0 Å². The normalized spacial score (nSPS) is 10.8. The number of benzene rings is 2. The van der Waals surface area contributed by atoms with Crippen LogP contribution in [0.1, 0.15) is 5.56 Å². The van der Waals surface area contributed by atoms with Crippen molar-refractivity contribution in [2.75, 3.05) is 0 Å². The molecule has 0 amide bonds. The summed E-state index contributed by atoms with van der Waals surface area (Å²) >= 11 is 3.36. The van der Waals surface area contributed by atoms with E-state index in [0.29, 0.717) is 10.1 Å². The van der Waals surface area contributed by atoms with Crippen LogP contribution in [-0.2, 0) is 0 Å². The van der Waals surface area contributed by atoms with Gasteiger partial charge in [-0.25, -0.2) is 4.79 Å². The summed E-state index contributed by atoms with van der Waals surface area (Å²) in [4.78, 5) is 11.9. The molecule has 0 aliphatic heterocycles. The van der Waals surface area contributed by atoms with Gasteiger partial charge in [0.2, 0.25) is 0 Å². The van der Waals surface area contributed by atoms with Gasteiger partial charge >= 0.3 is 5.63 Å². The van der Waals surface area contributed by atoms with Crippen LogP contribution in [0.3, 0.4) is 0 Å². The maximum atomic E-state index is 11.9. The molecule has 3 aromatic rings. The van der Waals surface area contributed by atoms with Crippen molar-refractivity contribution in [3.8, 4) is 11.1 Å². The number of hydrogen-bond donors (Lipinski definition) is 0. The zero-order valence-electron chi connectivity index (χ0n) is 10.3. The molecule has 1 heterocycles. The average molecular weight is 315 g/mol. The lowest BCUT2D eigenvalue weighted by molar-refractivity contribution is 0.557. The molecule has 1 aromatic heterocycles. The summed E-state index contributed by atoms with van der Waals surface area (Å²) in [7, 11) is 0. The Hall–Kier alpha value is -1.87. The minimum atomic E-state index is -0.352. The predicted octanol–water partition coefficient (Wildman–Crippen LogP) is 4.53. The smallest absolute Gasteiger partial charge is 0.351 e. The maximum absolute atomic E-state index is 11.9. The fraction of sp³-hybridized carbons (Fsp3) is 0.0625. The molecular formula is C16H11BrO2. The highest BCUT2D eigenvalue weighted by atomic mass is 79.9. The lowest BCUT2D eigenvalue weighted by Crippen LogP contribution is -2.02. The summed E-state index contributed by atoms with van der Waals surface area (Å²) in [5.74, 6) is 0. The van der Waals surface area contributed by atoms with E-state index < -0.39 is 0 Å². The van der Waals surface area contributed by atoms with Crippen LogP contribution in [0.15, 0.2) is 62.2 Å². The molecule has 0 bridgehead atoms. The fourth-order valence-electron chi connectivity index (χ4n) is 2.18. The molecule has 0 spiro atoms. The molecule has 0 saturated heterocycles. The second-order valence-electron chi connectivity index (χ2n) is 4.44. The Labute approximate surface area is 118 Å². The second-order valence-corrected chi connectivity index (χ2v) is 5.24. The number of halogens is 1. The van der Waals surface area contributed by atoms with Gasteiger partial charge in [-0.05, 0) is 40.5 Å². The Bertz CT molecular complexity index is 804. The summed E-state index contributed by atoms with van der Waals surface area (Å²) in [5, 5.41) is 0.942. The van der Waals surface area contributed by atoms with Crippen LogP contribution in [0.2, 0.25) is 0 Å². The van der Waals surface area contributed by atoms with E-state index >= 15 is 0 Å². The molecule has 3 rings (SSSR count). The van der Waals surface area contributed by atoms with Crippen molar-refractivity contribution in [1.29, 1.82) is 0 Å². The van der Waals surface area contributed by atoms with Gasteiger partial charge in [0.1, 0.15) is 10.1 Å². The molecule has 0 N–H and O–H groups in total. The van der Waals surface area contributed by atoms with Crippen LogP contribution in [0, 0.1) is 6.92 Å². The Morgan fingerprint density at radius 3 is 2.53 bits per heavy atom. The second kappa shape index (κ2) is 4.67. The van der Waals surface area contributed by atoms with Crippen molar-refractivity contribution in [1.82, 2.24) is 0 Å². The number of aryl methyl sites for hydroxylation is 1. The molecule has 0 aliphatic rings. The Morgan fingerprint density at radius 1 is 1.05 bits per heavy atom. The third-order valence-corrected chi connectivity index (χ3v) is 3.79.